The Morgan fingerprint density at radius 3 is 2.23 bits per heavy atom. The zero-order valence-corrected chi connectivity index (χ0v) is 8.47. The van der Waals surface area contributed by atoms with Crippen LogP contribution in [0.4, 0.5) is 4.39 Å². The van der Waals surface area contributed by atoms with E-state index in [0.29, 0.717) is 5.92 Å². The monoisotopic (exact) mass is 179 g/mol. The van der Waals surface area contributed by atoms with Gasteiger partial charge in [0.15, 0.2) is 0 Å². The van der Waals surface area contributed by atoms with Crippen molar-refractivity contribution >= 4 is 0 Å². The molecule has 0 aliphatic rings. The summed E-state index contributed by atoms with van der Waals surface area (Å²) < 4.78 is 12.9. The van der Waals surface area contributed by atoms with Crippen LogP contribution in [0.1, 0.15) is 43.7 Å². The number of rotatable bonds is 2. The van der Waals surface area contributed by atoms with Crippen LogP contribution < -0.4 is 0 Å². The molecule has 71 valence electrons. The minimum Gasteiger partial charge on any atom is -0.207 e. The molecule has 0 aliphatic heterocycles. The van der Waals surface area contributed by atoms with Gasteiger partial charge in [-0.1, -0.05) is 26.8 Å². The van der Waals surface area contributed by atoms with Crippen molar-refractivity contribution in [3.8, 4) is 0 Å². The molecule has 0 heterocycles. The van der Waals surface area contributed by atoms with Crippen LogP contribution in [0.15, 0.2) is 18.2 Å². The van der Waals surface area contributed by atoms with E-state index < -0.39 is 0 Å². The molecule has 1 radical (unpaired) electrons. The summed E-state index contributed by atoms with van der Waals surface area (Å²) >= 11 is 0. The molecule has 0 fully saturated rings. The van der Waals surface area contributed by atoms with Crippen molar-refractivity contribution in [3.63, 3.8) is 0 Å². The quantitative estimate of drug-likeness (QED) is 0.646. The molecule has 0 N–H and O–H groups in total. The van der Waals surface area contributed by atoms with Gasteiger partial charge in [-0.2, -0.15) is 0 Å². The van der Waals surface area contributed by atoms with Crippen molar-refractivity contribution in [2.75, 3.05) is 0 Å². The van der Waals surface area contributed by atoms with Gasteiger partial charge in [0, 0.05) is 0 Å². The Labute approximate surface area is 79.8 Å². The lowest BCUT2D eigenvalue weighted by atomic mass is 9.91. The van der Waals surface area contributed by atoms with E-state index in [9.17, 15) is 4.39 Å². The molecule has 0 aliphatic carbocycles. The van der Waals surface area contributed by atoms with Gasteiger partial charge >= 0.3 is 0 Å². The Balaban J connectivity index is 3.19. The van der Waals surface area contributed by atoms with E-state index in [4.69, 9.17) is 0 Å². The molecule has 0 amide bonds. The third-order valence-corrected chi connectivity index (χ3v) is 2.20. The maximum Gasteiger partial charge on any atom is 0.123 e. The van der Waals surface area contributed by atoms with Gasteiger partial charge in [-0.3, -0.25) is 0 Å². The topological polar surface area (TPSA) is 0 Å². The molecular formula is C12H16F. The van der Waals surface area contributed by atoms with Crippen LogP contribution in [0.2, 0.25) is 0 Å². The van der Waals surface area contributed by atoms with Gasteiger partial charge in [-0.15, -0.1) is 0 Å². The Bertz CT molecular complexity index is 287. The van der Waals surface area contributed by atoms with E-state index >= 15 is 0 Å². The van der Waals surface area contributed by atoms with Gasteiger partial charge in [0.05, 0.1) is 0 Å². The van der Waals surface area contributed by atoms with E-state index in [1.165, 1.54) is 11.6 Å². The van der Waals surface area contributed by atoms with E-state index in [1.807, 2.05) is 13.0 Å². The summed E-state index contributed by atoms with van der Waals surface area (Å²) in [7, 11) is 0. The molecule has 1 rings (SSSR count). The summed E-state index contributed by atoms with van der Waals surface area (Å²) in [6.45, 7) is 10.1. The molecule has 0 spiro atoms. The minimum atomic E-state index is -0.171. The molecule has 0 saturated carbocycles. The third-order valence-electron chi connectivity index (χ3n) is 2.20. The van der Waals surface area contributed by atoms with E-state index in [-0.39, 0.29) is 11.7 Å². The molecular weight excluding hydrogens is 163 g/mol. The summed E-state index contributed by atoms with van der Waals surface area (Å²) in [5, 5.41) is 0. The van der Waals surface area contributed by atoms with Crippen LogP contribution in [-0.2, 0) is 0 Å². The van der Waals surface area contributed by atoms with Gasteiger partial charge in [-0.25, -0.2) is 4.39 Å². The molecule has 1 unspecified atom stereocenters. The maximum atomic E-state index is 12.9. The highest BCUT2D eigenvalue weighted by Gasteiger charge is 2.10. The maximum absolute atomic E-state index is 12.9. The SMILES string of the molecule is [CH2]C(C)c1cc(F)ccc1C(C)C. The fraction of sp³-hybridized carbons (Fsp3) is 0.417. The molecule has 1 aromatic carbocycles. The fourth-order valence-corrected chi connectivity index (χ4v) is 1.50. The summed E-state index contributed by atoms with van der Waals surface area (Å²) in [6, 6.07) is 4.96. The molecule has 0 nitrogen and oxygen atoms in total. The van der Waals surface area contributed by atoms with Crippen LogP contribution in [0.25, 0.3) is 0 Å². The third kappa shape index (κ3) is 2.30. The highest BCUT2D eigenvalue weighted by Crippen LogP contribution is 2.26. The zero-order valence-electron chi connectivity index (χ0n) is 8.47. The van der Waals surface area contributed by atoms with Crippen LogP contribution >= 0.6 is 0 Å². The Hall–Kier alpha value is -0.850. The molecule has 13 heavy (non-hydrogen) atoms. The summed E-state index contributed by atoms with van der Waals surface area (Å²) in [5.74, 6) is 0.405. The Morgan fingerprint density at radius 2 is 1.77 bits per heavy atom. The fourth-order valence-electron chi connectivity index (χ4n) is 1.50. The summed E-state index contributed by atoms with van der Waals surface area (Å²) in [6.07, 6.45) is 0. The second-order valence-electron chi connectivity index (χ2n) is 3.83. The number of hydrogen-bond acceptors (Lipinski definition) is 0. The van der Waals surface area contributed by atoms with Crippen LogP contribution in [0.3, 0.4) is 0 Å². The Kier molecular flexibility index (Phi) is 3.07. The number of hydrogen-bond donors (Lipinski definition) is 0. The smallest absolute Gasteiger partial charge is 0.123 e. The van der Waals surface area contributed by atoms with Crippen molar-refractivity contribution in [2.45, 2.75) is 32.6 Å². The molecule has 1 atom stereocenters. The van der Waals surface area contributed by atoms with E-state index in [1.54, 1.807) is 6.07 Å². The lowest BCUT2D eigenvalue weighted by Gasteiger charge is -2.15. The standard InChI is InChI=1S/C12H16F/c1-8(2)11-6-5-10(13)7-12(11)9(3)4/h5-9H,3H2,1-2,4H3. The van der Waals surface area contributed by atoms with Gasteiger partial charge in [0.2, 0.25) is 0 Å². The average molecular weight is 179 g/mol. The van der Waals surface area contributed by atoms with Crippen LogP contribution in [0, 0.1) is 12.7 Å². The van der Waals surface area contributed by atoms with Gasteiger partial charge in [0.1, 0.15) is 5.82 Å². The largest absolute Gasteiger partial charge is 0.207 e. The zero-order chi connectivity index (χ0) is 10.0. The summed E-state index contributed by atoms with van der Waals surface area (Å²) in [4.78, 5) is 0. The van der Waals surface area contributed by atoms with Gasteiger partial charge < -0.3 is 0 Å². The molecule has 0 aromatic heterocycles. The lowest BCUT2D eigenvalue weighted by molar-refractivity contribution is 0.621. The average Bonchev–Trinajstić information content (AvgIpc) is 2.03. The summed E-state index contributed by atoms with van der Waals surface area (Å²) in [5.41, 5.74) is 2.22. The molecule has 0 saturated heterocycles. The molecule has 0 bridgehead atoms. The van der Waals surface area contributed by atoms with Gasteiger partial charge in [0.25, 0.3) is 0 Å². The normalized spacial score (nSPS) is 11.3. The predicted molar refractivity (Wildman–Crippen MR) is 54.3 cm³/mol. The van der Waals surface area contributed by atoms with Crippen LogP contribution in [0.5, 0.6) is 0 Å². The van der Waals surface area contributed by atoms with Crippen molar-refractivity contribution < 1.29 is 4.39 Å². The van der Waals surface area contributed by atoms with Crippen LogP contribution in [-0.4, -0.2) is 0 Å². The van der Waals surface area contributed by atoms with Crippen molar-refractivity contribution in [3.05, 3.63) is 42.1 Å². The molecule has 1 heteroatoms. The van der Waals surface area contributed by atoms with E-state index in [0.717, 1.165) is 5.56 Å². The molecule has 1 aromatic rings. The van der Waals surface area contributed by atoms with Crippen molar-refractivity contribution in [1.29, 1.82) is 0 Å². The number of benzene rings is 1. The first kappa shape index (κ1) is 10.2. The Morgan fingerprint density at radius 1 is 1.15 bits per heavy atom. The predicted octanol–water partition coefficient (Wildman–Crippen LogP) is 3.89. The van der Waals surface area contributed by atoms with Gasteiger partial charge in [-0.05, 0) is 42.0 Å². The second-order valence-corrected chi connectivity index (χ2v) is 3.83. The highest BCUT2D eigenvalue weighted by molar-refractivity contribution is 5.33. The van der Waals surface area contributed by atoms with E-state index in [2.05, 4.69) is 20.8 Å². The first-order valence-corrected chi connectivity index (χ1v) is 4.64. The second kappa shape index (κ2) is 3.91. The first-order chi connectivity index (χ1) is 6.02. The lowest BCUT2D eigenvalue weighted by Crippen LogP contribution is -1.99. The minimum absolute atomic E-state index is 0.146. The first-order valence-electron chi connectivity index (χ1n) is 4.64. The van der Waals surface area contributed by atoms with Crippen molar-refractivity contribution in [2.24, 2.45) is 0 Å². The highest BCUT2D eigenvalue weighted by atomic mass is 19.1. The number of halogens is 1. The van der Waals surface area contributed by atoms with Crippen molar-refractivity contribution in [1.82, 2.24) is 0 Å².